The van der Waals surface area contributed by atoms with Crippen LogP contribution in [0, 0.1) is 5.82 Å². The molecule has 1 saturated carbocycles. The molecule has 2 saturated heterocycles. The van der Waals surface area contributed by atoms with Crippen molar-refractivity contribution in [2.45, 2.75) is 69.2 Å². The summed E-state index contributed by atoms with van der Waals surface area (Å²) in [6.45, 7) is 2.23. The number of likely N-dealkylation sites (tertiary alicyclic amines) is 1. The van der Waals surface area contributed by atoms with Gasteiger partial charge in [0.25, 0.3) is 23.6 Å². The van der Waals surface area contributed by atoms with Gasteiger partial charge >= 0.3 is 6.18 Å². The summed E-state index contributed by atoms with van der Waals surface area (Å²) >= 11 is 0. The molecule has 0 radical (unpaired) electrons. The Morgan fingerprint density at radius 1 is 0.885 bits per heavy atom. The first-order chi connectivity index (χ1) is 29.2. The van der Waals surface area contributed by atoms with E-state index in [4.69, 9.17) is 0 Å². The Kier molecular flexibility index (Phi) is 11.2. The van der Waals surface area contributed by atoms with Crippen molar-refractivity contribution >= 4 is 57.7 Å². The van der Waals surface area contributed by atoms with Crippen LogP contribution in [0.25, 0.3) is 22.0 Å². The van der Waals surface area contributed by atoms with E-state index in [-0.39, 0.29) is 81.4 Å². The molecule has 4 aromatic rings. The average molecular weight is 843 g/mol. The first kappa shape index (κ1) is 41.3. The molecule has 0 spiro atoms. The number of fused-ring (bicyclic) bond motifs is 2. The van der Waals surface area contributed by atoms with Crippen molar-refractivity contribution in [3.8, 4) is 11.1 Å². The molecule has 318 valence electrons. The van der Waals surface area contributed by atoms with E-state index in [0.29, 0.717) is 44.6 Å². The summed E-state index contributed by atoms with van der Waals surface area (Å²) in [7, 11) is 1.54. The highest BCUT2D eigenvalue weighted by atomic mass is 19.4. The molecule has 8 rings (SSSR count). The van der Waals surface area contributed by atoms with Crippen LogP contribution in [0.3, 0.4) is 0 Å². The highest BCUT2D eigenvalue weighted by Crippen LogP contribution is 2.42. The number of nitrogens with one attached hydrogen (secondary N) is 5. The second-order valence-electron chi connectivity index (χ2n) is 15.7. The highest BCUT2D eigenvalue weighted by molar-refractivity contribution is 6.25. The van der Waals surface area contributed by atoms with Gasteiger partial charge in [-0.2, -0.15) is 13.2 Å². The third-order valence-electron chi connectivity index (χ3n) is 11.6. The molecular weight excluding hydrogens is 801 g/mol. The lowest BCUT2D eigenvalue weighted by atomic mass is 9.94. The van der Waals surface area contributed by atoms with Crippen LogP contribution >= 0.6 is 0 Å². The van der Waals surface area contributed by atoms with Gasteiger partial charge in [-0.05, 0) is 92.6 Å². The molecule has 3 aliphatic heterocycles. The molecule has 61 heavy (non-hydrogen) atoms. The minimum atomic E-state index is -4.82. The molecule has 4 aliphatic rings. The lowest BCUT2D eigenvalue weighted by molar-refractivity contribution is -0.137. The summed E-state index contributed by atoms with van der Waals surface area (Å²) in [5.74, 6) is -4.40. The van der Waals surface area contributed by atoms with Gasteiger partial charge in [0.15, 0.2) is 0 Å². The number of hydrogen-bond donors (Lipinski definition) is 5. The fourth-order valence-corrected chi connectivity index (χ4v) is 8.27. The van der Waals surface area contributed by atoms with Crippen LogP contribution in [-0.2, 0) is 15.8 Å². The smallest absolute Gasteiger partial charge is 0.387 e. The second-order valence-corrected chi connectivity index (χ2v) is 15.7. The van der Waals surface area contributed by atoms with Crippen molar-refractivity contribution in [1.29, 1.82) is 0 Å². The van der Waals surface area contributed by atoms with E-state index in [1.54, 1.807) is 25.2 Å². The molecule has 0 bridgehead atoms. The maximum Gasteiger partial charge on any atom is 0.417 e. The maximum absolute atomic E-state index is 15.5. The Hall–Kier alpha value is -6.43. The molecule has 4 heterocycles. The van der Waals surface area contributed by atoms with Crippen molar-refractivity contribution in [2.24, 2.45) is 0 Å². The fraction of sp³-hybridized carbons (Fsp3) is 0.372. The molecule has 3 fully saturated rings. The van der Waals surface area contributed by atoms with Crippen LogP contribution < -0.4 is 26.6 Å². The maximum atomic E-state index is 15.5. The zero-order chi connectivity index (χ0) is 43.2. The summed E-state index contributed by atoms with van der Waals surface area (Å²) in [4.78, 5) is 84.0. The molecule has 1 aromatic heterocycles. The summed E-state index contributed by atoms with van der Waals surface area (Å²) < 4.78 is 58.6. The van der Waals surface area contributed by atoms with E-state index >= 15 is 4.39 Å². The van der Waals surface area contributed by atoms with Gasteiger partial charge in [0.05, 0.1) is 39.0 Å². The van der Waals surface area contributed by atoms with Gasteiger partial charge in [0.2, 0.25) is 11.8 Å². The average Bonchev–Trinajstić information content (AvgIpc) is 4.01. The van der Waals surface area contributed by atoms with E-state index < -0.39 is 59.0 Å². The molecule has 5 N–H and O–H groups in total. The molecular formula is C43H42F4N8O6. The van der Waals surface area contributed by atoms with E-state index in [9.17, 15) is 41.9 Å². The Labute approximate surface area is 346 Å². The number of carbonyl (C=O) groups excluding carboxylic acids is 6. The first-order valence-electron chi connectivity index (χ1n) is 20.2. The lowest BCUT2D eigenvalue weighted by Crippen LogP contribution is -2.54. The number of amides is 6. The number of rotatable bonds is 12. The van der Waals surface area contributed by atoms with Crippen LogP contribution in [0.4, 0.5) is 28.9 Å². The van der Waals surface area contributed by atoms with E-state index in [1.165, 1.54) is 18.3 Å². The molecule has 1 aliphatic carbocycles. The fourth-order valence-electron chi connectivity index (χ4n) is 8.27. The first-order valence-corrected chi connectivity index (χ1v) is 20.2. The summed E-state index contributed by atoms with van der Waals surface area (Å²) in [6, 6.07) is 9.31. The molecule has 6 amide bonds. The number of benzene rings is 3. The largest absolute Gasteiger partial charge is 0.417 e. The monoisotopic (exact) mass is 842 g/mol. The van der Waals surface area contributed by atoms with Crippen molar-refractivity contribution in [1.82, 2.24) is 30.7 Å². The number of halogens is 4. The molecule has 3 aromatic carbocycles. The number of alkyl halides is 3. The van der Waals surface area contributed by atoms with Gasteiger partial charge in [-0.1, -0.05) is 12.1 Å². The number of anilines is 2. The number of nitrogens with zero attached hydrogens (tertiary/aromatic N) is 3. The Bertz CT molecular complexity index is 2480. The third kappa shape index (κ3) is 8.36. The molecule has 1 atom stereocenters. The lowest BCUT2D eigenvalue weighted by Gasteiger charge is -2.33. The van der Waals surface area contributed by atoms with E-state index in [0.717, 1.165) is 35.9 Å². The number of aromatic nitrogens is 1. The van der Waals surface area contributed by atoms with E-state index in [2.05, 4.69) is 36.5 Å². The van der Waals surface area contributed by atoms with Crippen LogP contribution in [0.1, 0.15) is 91.9 Å². The minimum absolute atomic E-state index is 0.00556. The van der Waals surface area contributed by atoms with Crippen molar-refractivity contribution < 1.29 is 46.3 Å². The Morgan fingerprint density at radius 2 is 1.66 bits per heavy atom. The zero-order valence-corrected chi connectivity index (χ0v) is 33.0. The van der Waals surface area contributed by atoms with Gasteiger partial charge in [-0.25, -0.2) is 4.39 Å². The topological polar surface area (TPSA) is 182 Å². The summed E-state index contributed by atoms with van der Waals surface area (Å²) in [5.41, 5.74) is -0.486. The van der Waals surface area contributed by atoms with Gasteiger partial charge in [-0.3, -0.25) is 44.0 Å². The number of hydrogen-bond acceptors (Lipinski definition) is 10. The van der Waals surface area contributed by atoms with Crippen molar-refractivity contribution in [2.75, 3.05) is 43.9 Å². The van der Waals surface area contributed by atoms with Crippen LogP contribution in [0.2, 0.25) is 0 Å². The molecule has 1 unspecified atom stereocenters. The van der Waals surface area contributed by atoms with Gasteiger partial charge in [-0.15, -0.1) is 0 Å². The number of imide groups is 2. The summed E-state index contributed by atoms with van der Waals surface area (Å²) in [6.07, 6.45) is 0.147. The second kappa shape index (κ2) is 16.6. The summed E-state index contributed by atoms with van der Waals surface area (Å²) in [5, 5.41) is 14.3. The standard InChI is InChI=1S/C43H42F4N8O6/c1-48-37-28-19-27(30(43(45,46)47)20-33(28)50-21-29(37)39(58)52-23-7-8-23)22-6-9-25(31(44)18-22)38(57)49-14-3-15-54-16-12-24(13-17-54)51-32-5-2-4-26-36(32)42(61)55(41(26)60)34-10-11-35(56)53-40(34)59/h2,4-6,9,18-21,23-24,34,51H,3,7-8,10-17H2,1H3,(H,48,50)(H,49,57)(H,52,58)(H,53,56,59). The normalized spacial score (nSPS) is 18.6. The quantitative estimate of drug-likeness (QED) is 0.0733. The zero-order valence-electron chi connectivity index (χ0n) is 33.0. The van der Waals surface area contributed by atoms with Crippen molar-refractivity contribution in [3.63, 3.8) is 0 Å². The van der Waals surface area contributed by atoms with Crippen molar-refractivity contribution in [3.05, 3.63) is 88.4 Å². The van der Waals surface area contributed by atoms with Crippen LogP contribution in [-0.4, -0.2) is 102 Å². The Balaban J connectivity index is 0.859. The minimum Gasteiger partial charge on any atom is -0.387 e. The van der Waals surface area contributed by atoms with Gasteiger partial charge in [0, 0.05) is 62.5 Å². The van der Waals surface area contributed by atoms with Crippen LogP contribution in [0.15, 0.2) is 54.7 Å². The SMILES string of the molecule is CNc1c(C(=O)NC2CC2)cnc2cc(C(F)(F)F)c(-c3ccc(C(=O)NCCCN4CCC(Nc5cccc6c5C(=O)N(C5CCC(=O)NC5=O)C6=O)CC4)c(F)c3)cc12. The van der Waals surface area contributed by atoms with Gasteiger partial charge in [0.1, 0.15) is 11.9 Å². The molecule has 18 heteroatoms. The van der Waals surface area contributed by atoms with Crippen LogP contribution in [0.5, 0.6) is 0 Å². The van der Waals surface area contributed by atoms with Gasteiger partial charge < -0.3 is 26.2 Å². The molecule has 14 nitrogen and oxygen atoms in total. The Morgan fingerprint density at radius 3 is 2.34 bits per heavy atom. The number of carbonyl (C=O) groups is 6. The number of piperidine rings is 2. The predicted molar refractivity (Wildman–Crippen MR) is 215 cm³/mol. The third-order valence-corrected chi connectivity index (χ3v) is 11.6. The predicted octanol–water partition coefficient (Wildman–Crippen LogP) is 5.09. The highest BCUT2D eigenvalue weighted by Gasteiger charge is 2.46. The van der Waals surface area contributed by atoms with E-state index in [1.807, 2.05) is 0 Å². The number of pyridine rings is 1.